The van der Waals surface area contributed by atoms with Crippen LogP contribution in [0.4, 0.5) is 5.82 Å². The van der Waals surface area contributed by atoms with Crippen molar-refractivity contribution in [1.29, 1.82) is 0 Å². The molecule has 1 aromatic carbocycles. The van der Waals surface area contributed by atoms with Crippen LogP contribution in [-0.4, -0.2) is 34.9 Å². The third-order valence-electron chi connectivity index (χ3n) is 5.22. The minimum atomic E-state index is 0.695. The fraction of sp³-hybridized carbons (Fsp3) is 0.476. The Morgan fingerprint density at radius 3 is 2.74 bits per heavy atom. The summed E-state index contributed by atoms with van der Waals surface area (Å²) in [5.41, 5.74) is 2.66. The predicted molar refractivity (Wildman–Crippen MR) is 105 cm³/mol. The van der Waals surface area contributed by atoms with Gasteiger partial charge >= 0.3 is 0 Å². The quantitative estimate of drug-likeness (QED) is 0.652. The lowest BCUT2D eigenvalue weighted by atomic mass is 9.94. The van der Waals surface area contributed by atoms with E-state index in [-0.39, 0.29) is 0 Å². The normalized spacial score (nSPS) is 15.4. The van der Waals surface area contributed by atoms with Crippen LogP contribution < -0.4 is 9.64 Å². The van der Waals surface area contributed by atoms with Gasteiger partial charge in [0.05, 0.1) is 12.3 Å². The number of hydrogen-bond donors (Lipinski definition) is 0. The molecule has 0 N–H and O–H groups in total. The molecule has 1 fully saturated rings. The molecule has 0 aliphatic carbocycles. The van der Waals surface area contributed by atoms with Crippen LogP contribution in [0.5, 0.6) is 5.75 Å². The Kier molecular flexibility index (Phi) is 5.23. The van der Waals surface area contributed by atoms with Crippen molar-refractivity contribution in [3.05, 3.63) is 41.9 Å². The summed E-state index contributed by atoms with van der Waals surface area (Å²) in [7, 11) is 0. The molecule has 0 saturated carbocycles. The zero-order chi connectivity index (χ0) is 18.6. The van der Waals surface area contributed by atoms with E-state index in [1.807, 2.05) is 38.1 Å². The Bertz CT molecular complexity index is 883. The van der Waals surface area contributed by atoms with E-state index >= 15 is 0 Å². The zero-order valence-corrected chi connectivity index (χ0v) is 16.0. The van der Waals surface area contributed by atoms with Crippen molar-refractivity contribution in [1.82, 2.24) is 15.2 Å². The minimum absolute atomic E-state index is 0.695. The Morgan fingerprint density at radius 2 is 2.00 bits per heavy atom. The minimum Gasteiger partial charge on any atom is -0.493 e. The molecular formula is C21H26N4O2. The van der Waals surface area contributed by atoms with E-state index < -0.39 is 0 Å². The third kappa shape index (κ3) is 4.21. The van der Waals surface area contributed by atoms with Gasteiger partial charge in [-0.15, -0.1) is 5.10 Å². The lowest BCUT2D eigenvalue weighted by Crippen LogP contribution is -2.34. The van der Waals surface area contributed by atoms with Gasteiger partial charge in [-0.2, -0.15) is 5.10 Å². The van der Waals surface area contributed by atoms with Crippen molar-refractivity contribution in [2.45, 2.75) is 39.5 Å². The highest BCUT2D eigenvalue weighted by molar-refractivity contribution is 5.74. The van der Waals surface area contributed by atoms with E-state index in [0.29, 0.717) is 5.92 Å². The van der Waals surface area contributed by atoms with E-state index in [4.69, 9.17) is 9.15 Å². The smallest absolute Gasteiger partial charge is 0.195 e. The van der Waals surface area contributed by atoms with Crippen LogP contribution in [0.1, 0.15) is 37.8 Å². The molecule has 142 valence electrons. The number of rotatable bonds is 6. The van der Waals surface area contributed by atoms with Crippen molar-refractivity contribution < 1.29 is 9.15 Å². The topological polar surface area (TPSA) is 64.3 Å². The number of oxazole rings is 1. The van der Waals surface area contributed by atoms with Gasteiger partial charge in [-0.3, -0.25) is 0 Å². The molecule has 6 nitrogen and oxygen atoms in total. The molecule has 1 aliphatic heterocycles. The van der Waals surface area contributed by atoms with E-state index in [1.165, 1.54) is 12.8 Å². The summed E-state index contributed by atoms with van der Waals surface area (Å²) in [5, 5.41) is 8.46. The monoisotopic (exact) mass is 366 g/mol. The molecule has 0 unspecified atom stereocenters. The number of piperidine rings is 1. The average molecular weight is 366 g/mol. The summed E-state index contributed by atoms with van der Waals surface area (Å²) in [6.07, 6.45) is 4.21. The first kappa shape index (κ1) is 17.8. The number of anilines is 1. The van der Waals surface area contributed by atoms with Gasteiger partial charge in [0.25, 0.3) is 0 Å². The molecule has 0 spiro atoms. The molecule has 0 radical (unpaired) electrons. The SMILES string of the molecule is CCc1nc2ccc(OCCC3CCN(c4ccc(C)nn4)CC3)cc2o1. The Hall–Kier alpha value is -2.63. The van der Waals surface area contributed by atoms with Crippen LogP contribution in [0.2, 0.25) is 0 Å². The molecule has 27 heavy (non-hydrogen) atoms. The predicted octanol–water partition coefficient (Wildman–Crippen LogP) is 4.17. The lowest BCUT2D eigenvalue weighted by Gasteiger charge is -2.32. The van der Waals surface area contributed by atoms with Gasteiger partial charge in [-0.25, -0.2) is 4.98 Å². The largest absolute Gasteiger partial charge is 0.493 e. The third-order valence-corrected chi connectivity index (χ3v) is 5.22. The molecule has 4 rings (SSSR count). The van der Waals surface area contributed by atoms with Gasteiger partial charge in [-0.1, -0.05) is 6.92 Å². The van der Waals surface area contributed by atoms with E-state index in [2.05, 4.69) is 26.1 Å². The van der Waals surface area contributed by atoms with Gasteiger partial charge in [0.1, 0.15) is 11.3 Å². The summed E-state index contributed by atoms with van der Waals surface area (Å²) < 4.78 is 11.7. The number of hydrogen-bond acceptors (Lipinski definition) is 6. The highest BCUT2D eigenvalue weighted by atomic mass is 16.5. The van der Waals surface area contributed by atoms with Crippen LogP contribution in [0.25, 0.3) is 11.1 Å². The molecular weight excluding hydrogens is 340 g/mol. The van der Waals surface area contributed by atoms with E-state index in [1.54, 1.807) is 0 Å². The highest BCUT2D eigenvalue weighted by Gasteiger charge is 2.20. The highest BCUT2D eigenvalue weighted by Crippen LogP contribution is 2.25. The second-order valence-corrected chi connectivity index (χ2v) is 7.19. The summed E-state index contributed by atoms with van der Waals surface area (Å²) in [4.78, 5) is 6.75. The zero-order valence-electron chi connectivity index (χ0n) is 16.0. The first-order chi connectivity index (χ1) is 13.2. The summed E-state index contributed by atoms with van der Waals surface area (Å²) in [5.74, 6) is 3.31. The number of aryl methyl sites for hydroxylation is 2. The fourth-order valence-electron chi connectivity index (χ4n) is 3.55. The molecule has 3 heterocycles. The van der Waals surface area contributed by atoms with Crippen molar-refractivity contribution >= 4 is 16.9 Å². The van der Waals surface area contributed by atoms with E-state index in [0.717, 1.165) is 66.8 Å². The van der Waals surface area contributed by atoms with Crippen LogP contribution >= 0.6 is 0 Å². The van der Waals surface area contributed by atoms with Gasteiger partial charge in [0.2, 0.25) is 0 Å². The molecule has 2 aromatic heterocycles. The Balaban J connectivity index is 1.25. The van der Waals surface area contributed by atoms with Gasteiger partial charge in [0.15, 0.2) is 17.3 Å². The summed E-state index contributed by atoms with van der Waals surface area (Å²) >= 11 is 0. The molecule has 0 bridgehead atoms. The van der Waals surface area contributed by atoms with Crippen molar-refractivity contribution in [2.24, 2.45) is 5.92 Å². The van der Waals surface area contributed by atoms with Gasteiger partial charge in [0, 0.05) is 25.6 Å². The second-order valence-electron chi connectivity index (χ2n) is 7.19. The number of benzene rings is 1. The maximum atomic E-state index is 5.96. The first-order valence-corrected chi connectivity index (χ1v) is 9.79. The van der Waals surface area contributed by atoms with Gasteiger partial charge < -0.3 is 14.1 Å². The van der Waals surface area contributed by atoms with Crippen molar-refractivity contribution in [2.75, 3.05) is 24.6 Å². The number of fused-ring (bicyclic) bond motifs is 1. The summed E-state index contributed by atoms with van der Waals surface area (Å²) in [6.45, 7) is 6.80. The second kappa shape index (κ2) is 7.94. The van der Waals surface area contributed by atoms with Crippen LogP contribution in [-0.2, 0) is 6.42 Å². The molecule has 6 heteroatoms. The van der Waals surface area contributed by atoms with Crippen LogP contribution in [0, 0.1) is 12.8 Å². The molecule has 1 aliphatic rings. The summed E-state index contributed by atoms with van der Waals surface area (Å²) in [6, 6.07) is 9.98. The van der Waals surface area contributed by atoms with E-state index in [9.17, 15) is 0 Å². The Labute approximate surface area is 159 Å². The van der Waals surface area contributed by atoms with Crippen LogP contribution in [0.15, 0.2) is 34.7 Å². The number of ether oxygens (including phenoxy) is 1. The number of aromatic nitrogens is 3. The Morgan fingerprint density at radius 1 is 1.15 bits per heavy atom. The molecule has 0 atom stereocenters. The molecule has 0 amide bonds. The van der Waals surface area contributed by atoms with Crippen LogP contribution in [0.3, 0.4) is 0 Å². The van der Waals surface area contributed by atoms with Crippen molar-refractivity contribution in [3.63, 3.8) is 0 Å². The van der Waals surface area contributed by atoms with Gasteiger partial charge in [-0.05, 0) is 56.4 Å². The average Bonchev–Trinajstić information content (AvgIpc) is 3.12. The molecule has 3 aromatic rings. The maximum absolute atomic E-state index is 5.96. The fourth-order valence-corrected chi connectivity index (χ4v) is 3.55. The maximum Gasteiger partial charge on any atom is 0.195 e. The lowest BCUT2D eigenvalue weighted by molar-refractivity contribution is 0.258. The standard InChI is InChI=1S/C21H26N4O2/c1-3-21-22-18-6-5-17(14-19(18)27-21)26-13-10-16-8-11-25(12-9-16)20-7-4-15(2)23-24-20/h4-7,14,16H,3,8-13H2,1-2H3. The first-order valence-electron chi connectivity index (χ1n) is 9.79. The molecule has 1 saturated heterocycles. The van der Waals surface area contributed by atoms with Crippen molar-refractivity contribution in [3.8, 4) is 5.75 Å². The number of nitrogens with zero attached hydrogens (tertiary/aromatic N) is 4.